The van der Waals surface area contributed by atoms with Crippen LogP contribution < -0.4 is 5.32 Å². The molecule has 1 N–H and O–H groups in total. The summed E-state index contributed by atoms with van der Waals surface area (Å²) in [6, 6.07) is 0.196. The van der Waals surface area contributed by atoms with E-state index in [1.807, 2.05) is 0 Å². The van der Waals surface area contributed by atoms with Crippen LogP contribution in [0.15, 0.2) is 0 Å². The highest BCUT2D eigenvalue weighted by Gasteiger charge is 2.10. The Morgan fingerprint density at radius 1 is 1.25 bits per heavy atom. The van der Waals surface area contributed by atoms with Crippen LogP contribution in [0.2, 0.25) is 0 Å². The lowest BCUT2D eigenvalue weighted by atomic mass is 10.0. The van der Waals surface area contributed by atoms with Gasteiger partial charge in [-0.15, -0.1) is 0 Å². The van der Waals surface area contributed by atoms with E-state index in [4.69, 9.17) is 0 Å². The summed E-state index contributed by atoms with van der Waals surface area (Å²) in [5.41, 5.74) is 0. The summed E-state index contributed by atoms with van der Waals surface area (Å²) in [5.74, 6) is -0.184. The van der Waals surface area contributed by atoms with E-state index in [2.05, 4.69) is 17.0 Å². The Morgan fingerprint density at radius 2 is 1.88 bits per heavy atom. The fourth-order valence-electron chi connectivity index (χ4n) is 1.62. The van der Waals surface area contributed by atoms with Crippen molar-refractivity contribution in [1.29, 1.82) is 0 Å². The van der Waals surface area contributed by atoms with Crippen LogP contribution in [0.25, 0.3) is 0 Å². The van der Waals surface area contributed by atoms with E-state index < -0.39 is 0 Å². The summed E-state index contributed by atoms with van der Waals surface area (Å²) < 4.78 is 4.57. The molecule has 94 valence electrons. The number of rotatable bonds is 8. The first kappa shape index (κ1) is 14.9. The monoisotopic (exact) mass is 229 g/mol. The van der Waals surface area contributed by atoms with Crippen molar-refractivity contribution in [2.45, 2.75) is 58.4 Å². The van der Waals surface area contributed by atoms with E-state index in [-0.39, 0.29) is 17.9 Å². The topological polar surface area (TPSA) is 55.4 Å². The van der Waals surface area contributed by atoms with Gasteiger partial charge < -0.3 is 10.1 Å². The zero-order valence-electron chi connectivity index (χ0n) is 10.5. The smallest absolute Gasteiger partial charge is 0.305 e. The quantitative estimate of drug-likeness (QED) is 0.648. The van der Waals surface area contributed by atoms with Crippen LogP contribution in [0.4, 0.5) is 0 Å². The number of carbonyl (C=O) groups excluding carboxylic acids is 2. The molecular formula is C12H23NO3. The van der Waals surface area contributed by atoms with Crippen molar-refractivity contribution in [3.05, 3.63) is 0 Å². The van der Waals surface area contributed by atoms with Crippen LogP contribution in [-0.2, 0) is 14.3 Å². The van der Waals surface area contributed by atoms with Crippen molar-refractivity contribution in [3.8, 4) is 0 Å². The summed E-state index contributed by atoms with van der Waals surface area (Å²) in [6.07, 6.45) is 5.24. The largest absolute Gasteiger partial charge is 0.469 e. The van der Waals surface area contributed by atoms with E-state index >= 15 is 0 Å². The Morgan fingerprint density at radius 3 is 2.38 bits per heavy atom. The molecule has 0 aliphatic rings. The van der Waals surface area contributed by atoms with Crippen LogP contribution in [0, 0.1) is 0 Å². The third-order valence-electron chi connectivity index (χ3n) is 2.47. The van der Waals surface area contributed by atoms with E-state index in [9.17, 15) is 9.59 Å². The molecule has 4 heteroatoms. The minimum Gasteiger partial charge on any atom is -0.469 e. The molecule has 0 aromatic carbocycles. The number of carbonyl (C=O) groups is 2. The molecule has 0 saturated heterocycles. The van der Waals surface area contributed by atoms with Gasteiger partial charge in [-0.25, -0.2) is 0 Å². The molecule has 0 aromatic heterocycles. The van der Waals surface area contributed by atoms with Gasteiger partial charge in [-0.1, -0.05) is 19.8 Å². The third kappa shape index (κ3) is 8.26. The highest BCUT2D eigenvalue weighted by Crippen LogP contribution is 2.09. The Bertz CT molecular complexity index is 216. The first-order valence-electron chi connectivity index (χ1n) is 5.94. The maximum atomic E-state index is 11.0. The second kappa shape index (κ2) is 9.19. The van der Waals surface area contributed by atoms with Gasteiger partial charge in [-0.2, -0.15) is 0 Å². The van der Waals surface area contributed by atoms with Gasteiger partial charge in [-0.3, -0.25) is 9.59 Å². The van der Waals surface area contributed by atoms with Crippen LogP contribution in [-0.4, -0.2) is 25.0 Å². The van der Waals surface area contributed by atoms with Crippen LogP contribution in [0.1, 0.15) is 52.4 Å². The summed E-state index contributed by atoms with van der Waals surface area (Å²) in [4.78, 5) is 21.9. The molecule has 1 atom stereocenters. The highest BCUT2D eigenvalue weighted by molar-refractivity contribution is 5.73. The lowest BCUT2D eigenvalue weighted by Crippen LogP contribution is -2.33. The maximum absolute atomic E-state index is 11.0. The minimum absolute atomic E-state index is 0.000767. The fraction of sp³-hybridized carbons (Fsp3) is 0.833. The van der Waals surface area contributed by atoms with Gasteiger partial charge in [0.05, 0.1) is 7.11 Å². The highest BCUT2D eigenvalue weighted by atomic mass is 16.5. The van der Waals surface area contributed by atoms with Crippen molar-refractivity contribution in [2.24, 2.45) is 0 Å². The average Bonchev–Trinajstić information content (AvgIpc) is 2.24. The first-order chi connectivity index (χ1) is 7.60. The molecule has 1 amide bonds. The molecule has 0 aromatic rings. The molecule has 0 rings (SSSR count). The number of ether oxygens (including phenoxy) is 1. The SMILES string of the molecule is CCCCC(CCCC(=O)OC)NC(C)=O. The molecule has 4 nitrogen and oxygen atoms in total. The van der Waals surface area contributed by atoms with E-state index in [1.165, 1.54) is 14.0 Å². The molecule has 1 unspecified atom stereocenters. The maximum Gasteiger partial charge on any atom is 0.305 e. The fourth-order valence-corrected chi connectivity index (χ4v) is 1.62. The third-order valence-corrected chi connectivity index (χ3v) is 2.47. The number of esters is 1. The Labute approximate surface area is 97.7 Å². The van der Waals surface area contributed by atoms with Gasteiger partial charge in [-0.05, 0) is 19.3 Å². The van der Waals surface area contributed by atoms with E-state index in [1.54, 1.807) is 0 Å². The zero-order valence-corrected chi connectivity index (χ0v) is 10.5. The molecule has 0 bridgehead atoms. The standard InChI is InChI=1S/C12H23NO3/c1-4-5-7-11(13-10(2)14)8-6-9-12(15)16-3/h11H,4-9H2,1-3H3,(H,13,14). The molecule has 0 saturated carbocycles. The van der Waals surface area contributed by atoms with Crippen molar-refractivity contribution < 1.29 is 14.3 Å². The average molecular weight is 229 g/mol. The predicted octanol–water partition coefficient (Wildman–Crippen LogP) is 2.02. The molecule has 0 fully saturated rings. The lowest BCUT2D eigenvalue weighted by Gasteiger charge is -2.17. The van der Waals surface area contributed by atoms with Gasteiger partial charge in [0, 0.05) is 19.4 Å². The first-order valence-corrected chi connectivity index (χ1v) is 5.94. The van der Waals surface area contributed by atoms with Crippen LogP contribution >= 0.6 is 0 Å². The van der Waals surface area contributed by atoms with Gasteiger partial charge in [0.15, 0.2) is 0 Å². The summed E-state index contributed by atoms with van der Waals surface area (Å²) in [6.45, 7) is 3.65. The number of methoxy groups -OCH3 is 1. The number of unbranched alkanes of at least 4 members (excludes halogenated alkanes) is 1. The zero-order chi connectivity index (χ0) is 12.4. The van der Waals surface area contributed by atoms with Gasteiger partial charge >= 0.3 is 5.97 Å². The number of amides is 1. The molecule has 0 spiro atoms. The summed E-state index contributed by atoms with van der Waals surface area (Å²) in [7, 11) is 1.39. The van der Waals surface area contributed by atoms with Crippen molar-refractivity contribution in [3.63, 3.8) is 0 Å². The molecule has 0 radical (unpaired) electrons. The second-order valence-electron chi connectivity index (χ2n) is 4.01. The van der Waals surface area contributed by atoms with Gasteiger partial charge in [0.2, 0.25) is 5.91 Å². The van der Waals surface area contributed by atoms with Gasteiger partial charge in [0.25, 0.3) is 0 Å². The molecule has 0 aliphatic heterocycles. The Balaban J connectivity index is 3.81. The van der Waals surface area contributed by atoms with Crippen LogP contribution in [0.3, 0.4) is 0 Å². The Hall–Kier alpha value is -1.06. The number of hydrogen-bond acceptors (Lipinski definition) is 3. The van der Waals surface area contributed by atoms with Crippen molar-refractivity contribution >= 4 is 11.9 Å². The molecule has 0 heterocycles. The second-order valence-corrected chi connectivity index (χ2v) is 4.01. The van der Waals surface area contributed by atoms with E-state index in [0.29, 0.717) is 6.42 Å². The minimum atomic E-state index is -0.183. The summed E-state index contributed by atoms with van der Waals surface area (Å²) in [5, 5.41) is 2.92. The number of nitrogens with one attached hydrogen (secondary N) is 1. The Kier molecular flexibility index (Phi) is 8.58. The van der Waals surface area contributed by atoms with Gasteiger partial charge in [0.1, 0.15) is 0 Å². The molecule has 16 heavy (non-hydrogen) atoms. The van der Waals surface area contributed by atoms with E-state index in [0.717, 1.165) is 32.1 Å². The van der Waals surface area contributed by atoms with Crippen molar-refractivity contribution in [1.82, 2.24) is 5.32 Å². The summed E-state index contributed by atoms with van der Waals surface area (Å²) >= 11 is 0. The predicted molar refractivity (Wildman–Crippen MR) is 63.0 cm³/mol. The number of hydrogen-bond donors (Lipinski definition) is 1. The van der Waals surface area contributed by atoms with Crippen LogP contribution in [0.5, 0.6) is 0 Å². The lowest BCUT2D eigenvalue weighted by molar-refractivity contribution is -0.140. The molecular weight excluding hydrogens is 206 g/mol. The molecule has 0 aliphatic carbocycles. The van der Waals surface area contributed by atoms with Crippen molar-refractivity contribution in [2.75, 3.05) is 7.11 Å². The normalized spacial score (nSPS) is 11.9.